The van der Waals surface area contributed by atoms with E-state index in [0.717, 1.165) is 0 Å². The minimum Gasteiger partial charge on any atom is -0.342 e. The van der Waals surface area contributed by atoms with Gasteiger partial charge in [-0.25, -0.2) is 9.97 Å². The number of carbonyl (C=O) groups is 1. The van der Waals surface area contributed by atoms with Crippen LogP contribution in [0.25, 0.3) is 5.82 Å². The molecule has 1 aromatic carbocycles. The van der Waals surface area contributed by atoms with Gasteiger partial charge in [0.05, 0.1) is 22.7 Å². The summed E-state index contributed by atoms with van der Waals surface area (Å²) in [4.78, 5) is 20.6. The van der Waals surface area contributed by atoms with Gasteiger partial charge in [-0.3, -0.25) is 4.79 Å². The van der Waals surface area contributed by atoms with Crippen LogP contribution in [0.15, 0.2) is 41.3 Å². The number of amides is 1. The zero-order valence-electron chi connectivity index (χ0n) is 16.3. The minimum atomic E-state index is -5.08. The summed E-state index contributed by atoms with van der Waals surface area (Å²) in [6.07, 6.45) is -8.87. The molecule has 0 fully saturated rings. The Kier molecular flexibility index (Phi) is 6.46. The van der Waals surface area contributed by atoms with Crippen molar-refractivity contribution in [2.45, 2.75) is 25.3 Å². The Balaban J connectivity index is 1.87. The normalized spacial score (nSPS) is 12.8. The molecule has 3 rings (SSSR count). The molecule has 172 valence electrons. The van der Waals surface area contributed by atoms with Crippen LogP contribution in [0.3, 0.4) is 0 Å². The molecule has 1 amide bonds. The largest absolute Gasteiger partial charge is 0.416 e. The molecule has 33 heavy (non-hydrogen) atoms. The molecule has 0 radical (unpaired) electrons. The number of aromatic nitrogens is 4. The molecule has 3 aromatic rings. The van der Waals surface area contributed by atoms with Crippen molar-refractivity contribution in [3.8, 4) is 11.9 Å². The van der Waals surface area contributed by atoms with Gasteiger partial charge in [0.25, 0.3) is 5.91 Å². The standard InChI is InChI=1S/C19H11BrF6N6O/c1-9(15-30-17(20)32(31-15)14-3-2-10(7-27)8-28-14)29-16(33)11-4-12(18(21,22)23)6-13(5-11)19(24,25)26/h2-6,8-9H,1H3,(H,29,33). The number of pyridine rings is 1. The van der Waals surface area contributed by atoms with Crippen molar-refractivity contribution in [1.29, 1.82) is 5.26 Å². The van der Waals surface area contributed by atoms with E-state index in [9.17, 15) is 31.1 Å². The first-order valence-electron chi connectivity index (χ1n) is 8.89. The van der Waals surface area contributed by atoms with E-state index >= 15 is 0 Å². The molecule has 2 heterocycles. The average Bonchev–Trinajstić information content (AvgIpc) is 3.14. The van der Waals surface area contributed by atoms with Crippen LogP contribution in [0.2, 0.25) is 0 Å². The van der Waals surface area contributed by atoms with E-state index in [4.69, 9.17) is 5.26 Å². The fourth-order valence-corrected chi connectivity index (χ4v) is 3.09. The van der Waals surface area contributed by atoms with Gasteiger partial charge in [-0.1, -0.05) is 0 Å². The van der Waals surface area contributed by atoms with E-state index < -0.39 is 41.0 Å². The second-order valence-electron chi connectivity index (χ2n) is 6.66. The van der Waals surface area contributed by atoms with Gasteiger partial charge in [0.15, 0.2) is 11.6 Å². The van der Waals surface area contributed by atoms with Crippen LogP contribution in [0.5, 0.6) is 0 Å². The van der Waals surface area contributed by atoms with Crippen molar-refractivity contribution < 1.29 is 31.1 Å². The maximum Gasteiger partial charge on any atom is 0.416 e. The lowest BCUT2D eigenvalue weighted by Crippen LogP contribution is -2.28. The van der Waals surface area contributed by atoms with Crippen LogP contribution in [-0.4, -0.2) is 25.7 Å². The number of halogens is 7. The average molecular weight is 533 g/mol. The molecular formula is C19H11BrF6N6O. The predicted octanol–water partition coefficient (Wildman–Crippen LogP) is 4.83. The highest BCUT2D eigenvalue weighted by Crippen LogP contribution is 2.36. The monoisotopic (exact) mass is 532 g/mol. The van der Waals surface area contributed by atoms with Gasteiger partial charge in [-0.2, -0.15) is 36.3 Å². The van der Waals surface area contributed by atoms with Gasteiger partial charge in [-0.05, 0) is 53.2 Å². The highest BCUT2D eigenvalue weighted by molar-refractivity contribution is 9.10. The lowest BCUT2D eigenvalue weighted by atomic mass is 10.0. The summed E-state index contributed by atoms with van der Waals surface area (Å²) in [5, 5.41) is 15.3. The van der Waals surface area contributed by atoms with Crippen molar-refractivity contribution in [3.05, 3.63) is 69.3 Å². The topological polar surface area (TPSA) is 96.5 Å². The molecule has 0 bridgehead atoms. The smallest absolute Gasteiger partial charge is 0.342 e. The summed E-state index contributed by atoms with van der Waals surface area (Å²) in [5.41, 5.74) is -3.73. The molecule has 1 unspecified atom stereocenters. The Morgan fingerprint density at radius 1 is 1.12 bits per heavy atom. The highest BCUT2D eigenvalue weighted by Gasteiger charge is 2.37. The van der Waals surface area contributed by atoms with Gasteiger partial charge in [-0.15, -0.1) is 5.10 Å². The number of hydrogen-bond acceptors (Lipinski definition) is 5. The van der Waals surface area contributed by atoms with Gasteiger partial charge in [0.1, 0.15) is 6.07 Å². The fraction of sp³-hybridized carbons (Fsp3) is 0.211. The Labute approximate surface area is 190 Å². The number of hydrogen-bond donors (Lipinski definition) is 1. The highest BCUT2D eigenvalue weighted by atomic mass is 79.9. The molecule has 1 atom stereocenters. The molecule has 0 aliphatic carbocycles. The van der Waals surface area contributed by atoms with Gasteiger partial charge in [0, 0.05) is 11.8 Å². The van der Waals surface area contributed by atoms with Crippen LogP contribution >= 0.6 is 15.9 Å². The van der Waals surface area contributed by atoms with E-state index in [0.29, 0.717) is 17.7 Å². The maximum atomic E-state index is 13.0. The number of nitriles is 1. The van der Waals surface area contributed by atoms with E-state index in [1.54, 1.807) is 0 Å². The zero-order chi connectivity index (χ0) is 24.6. The number of alkyl halides is 6. The van der Waals surface area contributed by atoms with Crippen LogP contribution in [0, 0.1) is 11.3 Å². The molecule has 0 saturated carbocycles. The van der Waals surface area contributed by atoms with Gasteiger partial charge < -0.3 is 5.32 Å². The van der Waals surface area contributed by atoms with Crippen LogP contribution in [0.4, 0.5) is 26.3 Å². The summed E-state index contributed by atoms with van der Waals surface area (Å²) in [5.74, 6) is -0.904. The lowest BCUT2D eigenvalue weighted by molar-refractivity contribution is -0.143. The van der Waals surface area contributed by atoms with Crippen molar-refractivity contribution in [2.75, 3.05) is 0 Å². The van der Waals surface area contributed by atoms with Crippen molar-refractivity contribution >= 4 is 21.8 Å². The second-order valence-corrected chi connectivity index (χ2v) is 7.37. The summed E-state index contributed by atoms with van der Waals surface area (Å²) >= 11 is 3.15. The van der Waals surface area contributed by atoms with Crippen LogP contribution in [-0.2, 0) is 12.4 Å². The Morgan fingerprint density at radius 2 is 1.73 bits per heavy atom. The summed E-state index contributed by atoms with van der Waals surface area (Å²) in [7, 11) is 0. The Morgan fingerprint density at radius 3 is 2.21 bits per heavy atom. The molecule has 0 aliphatic heterocycles. The first-order valence-corrected chi connectivity index (χ1v) is 9.68. The van der Waals surface area contributed by atoms with E-state index in [-0.39, 0.29) is 22.4 Å². The quantitative estimate of drug-likeness (QED) is 0.485. The van der Waals surface area contributed by atoms with Crippen LogP contribution < -0.4 is 5.32 Å². The third kappa shape index (κ3) is 5.48. The number of benzene rings is 1. The van der Waals surface area contributed by atoms with Crippen LogP contribution in [0.1, 0.15) is 45.8 Å². The predicted molar refractivity (Wildman–Crippen MR) is 104 cm³/mol. The molecule has 0 spiro atoms. The lowest BCUT2D eigenvalue weighted by Gasteiger charge is -2.15. The molecule has 0 saturated heterocycles. The van der Waals surface area contributed by atoms with E-state index in [1.165, 1.54) is 29.9 Å². The number of nitrogens with one attached hydrogen (secondary N) is 1. The molecular weight excluding hydrogens is 522 g/mol. The third-order valence-electron chi connectivity index (χ3n) is 4.26. The van der Waals surface area contributed by atoms with Gasteiger partial charge >= 0.3 is 12.4 Å². The van der Waals surface area contributed by atoms with Crippen molar-refractivity contribution in [3.63, 3.8) is 0 Å². The maximum absolute atomic E-state index is 13.0. The third-order valence-corrected chi connectivity index (χ3v) is 4.78. The summed E-state index contributed by atoms with van der Waals surface area (Å²) in [6, 6.07) is 4.47. The minimum absolute atomic E-state index is 0.00408. The van der Waals surface area contributed by atoms with Gasteiger partial charge in [0.2, 0.25) is 4.73 Å². The number of carbonyl (C=O) groups excluding carboxylic acids is 1. The molecule has 7 nitrogen and oxygen atoms in total. The molecule has 14 heteroatoms. The summed E-state index contributed by atoms with van der Waals surface area (Å²) < 4.78 is 79.6. The molecule has 2 aromatic heterocycles. The van der Waals surface area contributed by atoms with E-state index in [1.807, 2.05) is 6.07 Å². The zero-order valence-corrected chi connectivity index (χ0v) is 17.9. The summed E-state index contributed by atoms with van der Waals surface area (Å²) in [6.45, 7) is 1.40. The molecule has 0 aliphatic rings. The molecule has 1 N–H and O–H groups in total. The van der Waals surface area contributed by atoms with E-state index in [2.05, 4.69) is 36.3 Å². The number of nitrogens with zero attached hydrogens (tertiary/aromatic N) is 5. The SMILES string of the molecule is CC(NC(=O)c1cc(C(F)(F)F)cc(C(F)(F)F)c1)c1nc(Br)n(-c2ccc(C#N)cn2)n1. The Bertz CT molecular complexity index is 1200. The second kappa shape index (κ2) is 8.81. The first-order chi connectivity index (χ1) is 15.3. The van der Waals surface area contributed by atoms with Crippen molar-refractivity contribution in [1.82, 2.24) is 25.1 Å². The Hall–Kier alpha value is -3.47. The fourth-order valence-electron chi connectivity index (χ4n) is 2.65. The van der Waals surface area contributed by atoms with Crippen molar-refractivity contribution in [2.24, 2.45) is 0 Å². The number of rotatable bonds is 4. The first kappa shape index (κ1) is 24.2.